The van der Waals surface area contributed by atoms with Gasteiger partial charge in [0, 0.05) is 32.4 Å². The minimum Gasteiger partial charge on any atom is -0.386 e. The molecule has 1 unspecified atom stereocenters. The van der Waals surface area contributed by atoms with Crippen LogP contribution in [0.1, 0.15) is 25.0 Å². The van der Waals surface area contributed by atoms with Crippen molar-refractivity contribution in [3.63, 3.8) is 0 Å². The van der Waals surface area contributed by atoms with Gasteiger partial charge in [-0.2, -0.15) is 0 Å². The molecule has 0 fully saturated rings. The topological polar surface area (TPSA) is 65.9 Å². The second-order valence-corrected chi connectivity index (χ2v) is 4.53. The Balaban J connectivity index is 2.54. The molecule has 3 N–H and O–H groups in total. The van der Waals surface area contributed by atoms with E-state index in [1.807, 2.05) is 6.92 Å². The quantitative estimate of drug-likeness (QED) is 0.386. The van der Waals surface area contributed by atoms with Crippen LogP contribution in [0.15, 0.2) is 29.3 Å². The minimum atomic E-state index is -0.958. The second-order valence-electron chi connectivity index (χ2n) is 4.53. The van der Waals surface area contributed by atoms with Gasteiger partial charge in [0.25, 0.3) is 0 Å². The van der Waals surface area contributed by atoms with E-state index in [0.29, 0.717) is 19.1 Å². The zero-order valence-corrected chi connectivity index (χ0v) is 12.6. The molecule has 0 aliphatic carbocycles. The number of hydrogen-bond acceptors (Lipinski definition) is 3. The van der Waals surface area contributed by atoms with E-state index in [4.69, 9.17) is 4.74 Å². The number of halogens is 1. The van der Waals surface area contributed by atoms with E-state index in [1.165, 1.54) is 6.07 Å². The molecule has 0 saturated heterocycles. The maximum absolute atomic E-state index is 13.5. The summed E-state index contributed by atoms with van der Waals surface area (Å²) < 4.78 is 18.5. The molecule has 0 saturated carbocycles. The van der Waals surface area contributed by atoms with Crippen molar-refractivity contribution in [3.8, 4) is 0 Å². The molecule has 0 aromatic heterocycles. The summed E-state index contributed by atoms with van der Waals surface area (Å²) in [6.07, 6.45) is -0.0998. The first-order valence-corrected chi connectivity index (χ1v) is 7.12. The molecule has 1 atom stereocenters. The number of benzene rings is 1. The van der Waals surface area contributed by atoms with Crippen LogP contribution in [0, 0.1) is 5.82 Å². The molecule has 0 heterocycles. The van der Waals surface area contributed by atoms with E-state index >= 15 is 0 Å². The van der Waals surface area contributed by atoms with Crippen molar-refractivity contribution in [1.29, 1.82) is 0 Å². The highest BCUT2D eigenvalue weighted by Crippen LogP contribution is 2.16. The predicted molar refractivity (Wildman–Crippen MR) is 81.8 cm³/mol. The minimum absolute atomic E-state index is 0.0978. The van der Waals surface area contributed by atoms with E-state index in [-0.39, 0.29) is 12.1 Å². The molecule has 1 aromatic rings. The Kier molecular flexibility index (Phi) is 8.38. The Bertz CT molecular complexity index is 441. The van der Waals surface area contributed by atoms with Gasteiger partial charge in [-0.3, -0.25) is 4.99 Å². The van der Waals surface area contributed by atoms with Crippen LogP contribution >= 0.6 is 0 Å². The van der Waals surface area contributed by atoms with Gasteiger partial charge in [-0.1, -0.05) is 18.2 Å². The molecule has 21 heavy (non-hydrogen) atoms. The van der Waals surface area contributed by atoms with Crippen molar-refractivity contribution >= 4 is 5.96 Å². The Hall–Kier alpha value is -1.66. The van der Waals surface area contributed by atoms with Crippen LogP contribution in [-0.4, -0.2) is 44.4 Å². The largest absolute Gasteiger partial charge is 0.386 e. The van der Waals surface area contributed by atoms with Crippen LogP contribution in [0.25, 0.3) is 0 Å². The van der Waals surface area contributed by atoms with Gasteiger partial charge < -0.3 is 20.5 Å². The van der Waals surface area contributed by atoms with Crippen molar-refractivity contribution in [1.82, 2.24) is 10.6 Å². The predicted octanol–water partition coefficient (Wildman–Crippen LogP) is 1.45. The Morgan fingerprint density at radius 1 is 1.38 bits per heavy atom. The Morgan fingerprint density at radius 3 is 2.81 bits per heavy atom. The third kappa shape index (κ3) is 6.55. The number of rotatable bonds is 8. The van der Waals surface area contributed by atoms with Crippen molar-refractivity contribution in [2.75, 3.05) is 33.4 Å². The Morgan fingerprint density at radius 2 is 2.14 bits per heavy atom. The molecule has 0 spiro atoms. The summed E-state index contributed by atoms with van der Waals surface area (Å²) in [7, 11) is 1.66. The first-order chi connectivity index (χ1) is 10.2. The van der Waals surface area contributed by atoms with Gasteiger partial charge in [0.2, 0.25) is 0 Å². The summed E-state index contributed by atoms with van der Waals surface area (Å²) in [5.41, 5.74) is 0.261. The molecule has 0 radical (unpaired) electrons. The molecule has 5 nitrogen and oxygen atoms in total. The van der Waals surface area contributed by atoms with Crippen LogP contribution in [0.4, 0.5) is 4.39 Å². The van der Waals surface area contributed by atoms with Gasteiger partial charge in [-0.15, -0.1) is 0 Å². The first kappa shape index (κ1) is 17.4. The normalized spacial score (nSPS) is 13.0. The number of aliphatic hydroxyl groups excluding tert-OH is 1. The molecular formula is C15H24FN3O2. The highest BCUT2D eigenvalue weighted by atomic mass is 19.1. The van der Waals surface area contributed by atoms with Crippen molar-refractivity contribution in [2.24, 2.45) is 4.99 Å². The van der Waals surface area contributed by atoms with E-state index in [0.717, 1.165) is 13.0 Å². The Labute approximate surface area is 125 Å². The standard InChI is InChI=1S/C15H24FN3O2/c1-3-17-15(18-9-6-10-21-2)19-11-14(20)12-7-4-5-8-13(12)16/h4-5,7-8,14,20H,3,6,9-11H2,1-2H3,(H2,17,18,19). The summed E-state index contributed by atoms with van der Waals surface area (Å²) in [4.78, 5) is 4.27. The number of methoxy groups -OCH3 is 1. The zero-order valence-electron chi connectivity index (χ0n) is 12.6. The van der Waals surface area contributed by atoms with Gasteiger partial charge >= 0.3 is 0 Å². The summed E-state index contributed by atoms with van der Waals surface area (Å²) in [6.45, 7) is 4.16. The van der Waals surface area contributed by atoms with E-state index in [2.05, 4.69) is 15.6 Å². The smallest absolute Gasteiger partial charge is 0.191 e. The van der Waals surface area contributed by atoms with E-state index in [1.54, 1.807) is 25.3 Å². The van der Waals surface area contributed by atoms with Crippen molar-refractivity contribution in [2.45, 2.75) is 19.4 Å². The molecule has 0 bridgehead atoms. The highest BCUT2D eigenvalue weighted by molar-refractivity contribution is 5.79. The number of guanidine groups is 1. The molecular weight excluding hydrogens is 273 g/mol. The molecule has 0 amide bonds. The van der Waals surface area contributed by atoms with Crippen LogP contribution < -0.4 is 10.6 Å². The van der Waals surface area contributed by atoms with Crippen LogP contribution in [-0.2, 0) is 4.74 Å². The van der Waals surface area contributed by atoms with Crippen LogP contribution in [0.3, 0.4) is 0 Å². The molecule has 0 aliphatic rings. The second kappa shape index (κ2) is 10.1. The molecule has 0 aliphatic heterocycles. The van der Waals surface area contributed by atoms with Gasteiger partial charge in [0.15, 0.2) is 5.96 Å². The highest BCUT2D eigenvalue weighted by Gasteiger charge is 2.11. The summed E-state index contributed by atoms with van der Waals surface area (Å²) in [5, 5.41) is 16.2. The third-order valence-electron chi connectivity index (χ3n) is 2.85. The SMILES string of the molecule is CCNC(=NCC(O)c1ccccc1F)NCCCOC. The lowest BCUT2D eigenvalue weighted by atomic mass is 10.1. The first-order valence-electron chi connectivity index (χ1n) is 7.12. The molecule has 1 aromatic carbocycles. The van der Waals surface area contributed by atoms with Gasteiger partial charge in [-0.25, -0.2) is 4.39 Å². The lowest BCUT2D eigenvalue weighted by Gasteiger charge is -2.13. The number of nitrogens with zero attached hydrogens (tertiary/aromatic N) is 1. The summed E-state index contributed by atoms with van der Waals surface area (Å²) in [6, 6.07) is 6.18. The van der Waals surface area contributed by atoms with Crippen molar-refractivity contribution < 1.29 is 14.2 Å². The fourth-order valence-corrected chi connectivity index (χ4v) is 1.79. The van der Waals surface area contributed by atoms with E-state index in [9.17, 15) is 9.50 Å². The molecule has 6 heteroatoms. The average molecular weight is 297 g/mol. The number of nitrogens with one attached hydrogen (secondary N) is 2. The number of aliphatic imine (C=N–C) groups is 1. The maximum atomic E-state index is 13.5. The lowest BCUT2D eigenvalue weighted by Crippen LogP contribution is -2.38. The average Bonchev–Trinajstić information content (AvgIpc) is 2.49. The molecule has 118 valence electrons. The number of aliphatic hydroxyl groups is 1. The van der Waals surface area contributed by atoms with Gasteiger partial charge in [-0.05, 0) is 19.4 Å². The maximum Gasteiger partial charge on any atom is 0.191 e. The van der Waals surface area contributed by atoms with Gasteiger partial charge in [0.05, 0.1) is 6.54 Å². The van der Waals surface area contributed by atoms with Crippen LogP contribution in [0.2, 0.25) is 0 Å². The lowest BCUT2D eigenvalue weighted by molar-refractivity contribution is 0.182. The number of ether oxygens (including phenoxy) is 1. The fraction of sp³-hybridized carbons (Fsp3) is 0.533. The monoisotopic (exact) mass is 297 g/mol. The summed E-state index contributed by atoms with van der Waals surface area (Å²) >= 11 is 0. The third-order valence-corrected chi connectivity index (χ3v) is 2.85. The van der Waals surface area contributed by atoms with Crippen molar-refractivity contribution in [3.05, 3.63) is 35.6 Å². The summed E-state index contributed by atoms with van der Waals surface area (Å²) in [5.74, 6) is 0.183. The van der Waals surface area contributed by atoms with Crippen LogP contribution in [0.5, 0.6) is 0 Å². The molecule has 1 rings (SSSR count). The fourth-order valence-electron chi connectivity index (χ4n) is 1.79. The van der Waals surface area contributed by atoms with E-state index < -0.39 is 11.9 Å². The zero-order chi connectivity index (χ0) is 15.5. The van der Waals surface area contributed by atoms with Gasteiger partial charge in [0.1, 0.15) is 11.9 Å². The number of hydrogen-bond donors (Lipinski definition) is 3.